The topological polar surface area (TPSA) is 34.1 Å². The van der Waals surface area contributed by atoms with Crippen LogP contribution in [0.2, 0.25) is 0 Å². The molecule has 2 aromatic rings. The number of nitrogens with one attached hydrogen (secondary N) is 1. The van der Waals surface area contributed by atoms with Crippen molar-refractivity contribution in [1.82, 2.24) is 10.3 Å². The van der Waals surface area contributed by atoms with Crippen molar-refractivity contribution in [3.63, 3.8) is 0 Å². The van der Waals surface area contributed by atoms with Crippen LogP contribution >= 0.6 is 0 Å². The highest BCUT2D eigenvalue weighted by Crippen LogP contribution is 2.25. The molecule has 0 amide bonds. The average Bonchev–Trinajstić information content (AvgIpc) is 2.52. The number of hydrogen-bond donors (Lipinski definition) is 1. The van der Waals surface area contributed by atoms with Crippen LogP contribution in [0.4, 0.5) is 0 Å². The molecule has 114 valence electrons. The van der Waals surface area contributed by atoms with Crippen LogP contribution < -0.4 is 5.32 Å². The number of rotatable bonds is 8. The van der Waals surface area contributed by atoms with Gasteiger partial charge in [0.15, 0.2) is 0 Å². The Kier molecular flexibility index (Phi) is 6.15. The highest BCUT2D eigenvalue weighted by atomic mass is 16.5. The maximum atomic E-state index is 5.98. The number of aromatic nitrogens is 1. The van der Waals surface area contributed by atoms with Crippen molar-refractivity contribution in [2.45, 2.75) is 45.8 Å². The van der Waals surface area contributed by atoms with Crippen LogP contribution in [0.5, 0.6) is 0 Å². The summed E-state index contributed by atoms with van der Waals surface area (Å²) in [5, 5.41) is 4.76. The Bertz CT molecular complexity index is 550. The van der Waals surface area contributed by atoms with Crippen molar-refractivity contribution in [3.8, 4) is 0 Å². The maximum Gasteiger partial charge on any atom is 0.0769 e. The van der Waals surface area contributed by atoms with Crippen LogP contribution in [0.1, 0.15) is 45.2 Å². The van der Waals surface area contributed by atoms with Crippen LogP contribution in [0, 0.1) is 0 Å². The molecule has 1 heterocycles. The third-order valence-corrected chi connectivity index (χ3v) is 3.74. The molecule has 0 aliphatic heterocycles. The van der Waals surface area contributed by atoms with Gasteiger partial charge in [-0.1, -0.05) is 38.5 Å². The Labute approximate surface area is 127 Å². The van der Waals surface area contributed by atoms with Crippen molar-refractivity contribution in [2.75, 3.05) is 13.2 Å². The first-order chi connectivity index (χ1) is 10.3. The van der Waals surface area contributed by atoms with Crippen LogP contribution in [0.3, 0.4) is 0 Å². The van der Waals surface area contributed by atoms with Gasteiger partial charge in [0.25, 0.3) is 0 Å². The second-order valence-electron chi connectivity index (χ2n) is 5.27. The van der Waals surface area contributed by atoms with E-state index in [1.807, 2.05) is 12.3 Å². The molecule has 3 nitrogen and oxygen atoms in total. The van der Waals surface area contributed by atoms with E-state index in [0.717, 1.165) is 31.5 Å². The van der Waals surface area contributed by atoms with Crippen molar-refractivity contribution in [1.29, 1.82) is 0 Å². The summed E-state index contributed by atoms with van der Waals surface area (Å²) >= 11 is 0. The third kappa shape index (κ3) is 4.02. The summed E-state index contributed by atoms with van der Waals surface area (Å²) in [5.41, 5.74) is 2.31. The molecular formula is C18H26N2O. The van der Waals surface area contributed by atoms with Gasteiger partial charge in [-0.25, -0.2) is 0 Å². The number of benzene rings is 1. The van der Waals surface area contributed by atoms with Crippen LogP contribution in [-0.2, 0) is 4.74 Å². The second kappa shape index (κ2) is 8.11. The minimum Gasteiger partial charge on any atom is -0.377 e. The van der Waals surface area contributed by atoms with Gasteiger partial charge in [-0.05, 0) is 37.6 Å². The van der Waals surface area contributed by atoms with E-state index in [1.54, 1.807) is 0 Å². The summed E-state index contributed by atoms with van der Waals surface area (Å²) in [4.78, 5) is 4.47. The molecule has 2 unspecified atom stereocenters. The molecule has 1 aromatic carbocycles. The fraction of sp³-hybridized carbons (Fsp3) is 0.500. The lowest BCUT2D eigenvalue weighted by Crippen LogP contribution is -2.34. The first-order valence-electron chi connectivity index (χ1n) is 7.99. The summed E-state index contributed by atoms with van der Waals surface area (Å²) in [5.74, 6) is 0. The first-order valence-corrected chi connectivity index (χ1v) is 7.99. The number of hydrogen-bond acceptors (Lipinski definition) is 3. The minimum atomic E-state index is 0.209. The smallest absolute Gasteiger partial charge is 0.0769 e. The highest BCUT2D eigenvalue weighted by Gasteiger charge is 2.22. The predicted octanol–water partition coefficient (Wildman–Crippen LogP) is 4.09. The molecule has 0 bridgehead atoms. The fourth-order valence-electron chi connectivity index (χ4n) is 2.81. The average molecular weight is 286 g/mol. The molecule has 21 heavy (non-hydrogen) atoms. The summed E-state index contributed by atoms with van der Waals surface area (Å²) in [6.07, 6.45) is 4.24. The maximum absolute atomic E-state index is 5.98. The predicted molar refractivity (Wildman–Crippen MR) is 88.5 cm³/mol. The molecule has 0 radical (unpaired) electrons. The van der Waals surface area contributed by atoms with Gasteiger partial charge in [0.2, 0.25) is 0 Å². The van der Waals surface area contributed by atoms with Gasteiger partial charge in [-0.2, -0.15) is 0 Å². The Morgan fingerprint density at radius 2 is 2.05 bits per heavy atom. The van der Waals surface area contributed by atoms with Crippen LogP contribution in [0.15, 0.2) is 36.5 Å². The van der Waals surface area contributed by atoms with E-state index in [1.165, 1.54) is 10.9 Å². The van der Waals surface area contributed by atoms with E-state index in [2.05, 4.69) is 55.3 Å². The summed E-state index contributed by atoms with van der Waals surface area (Å²) in [7, 11) is 0. The molecule has 0 fully saturated rings. The SMILES string of the molecule is CCCC(OCC)C(NCC)c1ccc2cccnc2c1. The molecule has 0 saturated carbocycles. The number of ether oxygens (including phenoxy) is 1. The Balaban J connectivity index is 2.33. The molecule has 0 spiro atoms. The number of fused-ring (bicyclic) bond motifs is 1. The Morgan fingerprint density at radius 1 is 1.19 bits per heavy atom. The van der Waals surface area contributed by atoms with E-state index >= 15 is 0 Å². The Morgan fingerprint density at radius 3 is 2.76 bits per heavy atom. The van der Waals surface area contributed by atoms with Crippen molar-refractivity contribution in [3.05, 3.63) is 42.1 Å². The molecule has 0 aliphatic carbocycles. The van der Waals surface area contributed by atoms with Gasteiger partial charge in [-0.15, -0.1) is 0 Å². The van der Waals surface area contributed by atoms with Crippen LogP contribution in [0.25, 0.3) is 10.9 Å². The summed E-state index contributed by atoms with van der Waals surface area (Å²) in [6.45, 7) is 8.09. The molecule has 2 rings (SSSR count). The largest absolute Gasteiger partial charge is 0.377 e. The van der Waals surface area contributed by atoms with E-state index in [9.17, 15) is 0 Å². The number of nitrogens with zero attached hydrogens (tertiary/aromatic N) is 1. The molecule has 3 heteroatoms. The van der Waals surface area contributed by atoms with E-state index in [-0.39, 0.29) is 12.1 Å². The fourth-order valence-corrected chi connectivity index (χ4v) is 2.81. The molecular weight excluding hydrogens is 260 g/mol. The first kappa shape index (κ1) is 15.9. The number of pyridine rings is 1. The van der Waals surface area contributed by atoms with Crippen molar-refractivity contribution in [2.24, 2.45) is 0 Å². The molecule has 2 atom stereocenters. The van der Waals surface area contributed by atoms with Gasteiger partial charge in [0, 0.05) is 18.2 Å². The molecule has 0 saturated heterocycles. The van der Waals surface area contributed by atoms with Crippen molar-refractivity contribution < 1.29 is 4.74 Å². The zero-order chi connectivity index (χ0) is 15.1. The zero-order valence-electron chi connectivity index (χ0n) is 13.3. The quantitative estimate of drug-likeness (QED) is 0.793. The van der Waals surface area contributed by atoms with Gasteiger partial charge < -0.3 is 10.1 Å². The van der Waals surface area contributed by atoms with Gasteiger partial charge >= 0.3 is 0 Å². The Hall–Kier alpha value is -1.45. The van der Waals surface area contributed by atoms with Crippen molar-refractivity contribution >= 4 is 10.9 Å². The standard InChI is InChI=1S/C18H26N2O/c1-4-8-17(21-6-3)18(19-5-2)15-11-10-14-9-7-12-20-16(14)13-15/h7,9-13,17-19H,4-6,8H2,1-3H3. The molecule has 0 aliphatic rings. The lowest BCUT2D eigenvalue weighted by Gasteiger charge is -2.28. The highest BCUT2D eigenvalue weighted by molar-refractivity contribution is 5.79. The monoisotopic (exact) mass is 286 g/mol. The minimum absolute atomic E-state index is 0.209. The number of likely N-dealkylation sites (N-methyl/N-ethyl adjacent to an activating group) is 1. The zero-order valence-corrected chi connectivity index (χ0v) is 13.3. The van der Waals surface area contributed by atoms with E-state index in [4.69, 9.17) is 4.74 Å². The lowest BCUT2D eigenvalue weighted by atomic mass is 9.96. The van der Waals surface area contributed by atoms with E-state index in [0.29, 0.717) is 0 Å². The van der Waals surface area contributed by atoms with Gasteiger partial charge in [0.05, 0.1) is 17.7 Å². The third-order valence-electron chi connectivity index (χ3n) is 3.74. The summed E-state index contributed by atoms with van der Waals surface area (Å²) < 4.78 is 5.98. The summed E-state index contributed by atoms with van der Waals surface area (Å²) in [6, 6.07) is 10.8. The lowest BCUT2D eigenvalue weighted by molar-refractivity contribution is 0.0280. The van der Waals surface area contributed by atoms with Crippen LogP contribution in [-0.4, -0.2) is 24.2 Å². The normalized spacial score (nSPS) is 14.2. The molecule has 1 N–H and O–H groups in total. The van der Waals surface area contributed by atoms with Gasteiger partial charge in [-0.3, -0.25) is 4.98 Å². The van der Waals surface area contributed by atoms with Gasteiger partial charge in [0.1, 0.15) is 0 Å². The second-order valence-corrected chi connectivity index (χ2v) is 5.27. The van der Waals surface area contributed by atoms with E-state index < -0.39 is 0 Å². The molecule has 1 aromatic heterocycles.